The fraction of sp³-hybridized carbons (Fsp3) is 0.214. The molecule has 9 heteroatoms. The predicted molar refractivity (Wildman–Crippen MR) is 147 cm³/mol. The minimum Gasteiger partial charge on any atom is -0.493 e. The summed E-state index contributed by atoms with van der Waals surface area (Å²) in [5.74, 6) is 1.85. The summed E-state index contributed by atoms with van der Waals surface area (Å²) in [4.78, 5) is 12.5. The molecule has 0 aliphatic heterocycles. The number of aromatic nitrogens is 3. The number of amides is 1. The highest BCUT2D eigenvalue weighted by molar-refractivity contribution is 7.99. The van der Waals surface area contributed by atoms with Crippen molar-refractivity contribution in [1.82, 2.24) is 20.2 Å². The van der Waals surface area contributed by atoms with Crippen LogP contribution in [0.15, 0.2) is 77.0 Å². The summed E-state index contributed by atoms with van der Waals surface area (Å²) in [5, 5.41) is 13.5. The van der Waals surface area contributed by atoms with Gasteiger partial charge in [0.05, 0.1) is 25.7 Å². The van der Waals surface area contributed by atoms with Gasteiger partial charge in [-0.2, -0.15) is 5.10 Å². The topological polar surface area (TPSA) is 90.6 Å². The van der Waals surface area contributed by atoms with E-state index >= 15 is 0 Å². The number of hydrazone groups is 1. The zero-order valence-electron chi connectivity index (χ0n) is 21.3. The Morgan fingerprint density at radius 3 is 2.38 bits per heavy atom. The number of nitrogens with one attached hydrogen (secondary N) is 1. The molecule has 1 amide bonds. The Morgan fingerprint density at radius 1 is 1.00 bits per heavy atom. The first-order chi connectivity index (χ1) is 18.0. The first kappa shape index (κ1) is 26.0. The Bertz CT molecular complexity index is 1380. The van der Waals surface area contributed by atoms with Gasteiger partial charge in [-0.3, -0.25) is 9.36 Å². The number of benzene rings is 3. The van der Waals surface area contributed by atoms with Crippen LogP contribution in [0.1, 0.15) is 23.6 Å². The highest BCUT2D eigenvalue weighted by atomic mass is 32.2. The lowest BCUT2D eigenvalue weighted by molar-refractivity contribution is -0.118. The summed E-state index contributed by atoms with van der Waals surface area (Å²) in [7, 11) is 1.58. The first-order valence-corrected chi connectivity index (χ1v) is 12.8. The third-order valence-electron chi connectivity index (χ3n) is 5.46. The quantitative estimate of drug-likeness (QED) is 0.177. The van der Waals surface area contributed by atoms with E-state index in [1.807, 2.05) is 86.0 Å². The van der Waals surface area contributed by atoms with Crippen molar-refractivity contribution in [3.63, 3.8) is 0 Å². The zero-order chi connectivity index (χ0) is 26.2. The number of hydrogen-bond donors (Lipinski definition) is 1. The molecule has 1 heterocycles. The summed E-state index contributed by atoms with van der Waals surface area (Å²) in [6, 6.07) is 21.7. The summed E-state index contributed by atoms with van der Waals surface area (Å²) < 4.78 is 12.9. The minimum absolute atomic E-state index is 0.127. The van der Waals surface area contributed by atoms with Crippen LogP contribution < -0.4 is 14.9 Å². The smallest absolute Gasteiger partial charge is 0.250 e. The zero-order valence-corrected chi connectivity index (χ0v) is 22.1. The van der Waals surface area contributed by atoms with Gasteiger partial charge in [-0.25, -0.2) is 5.43 Å². The molecule has 0 spiro atoms. The molecule has 37 heavy (non-hydrogen) atoms. The van der Waals surface area contributed by atoms with Gasteiger partial charge in [-0.15, -0.1) is 10.2 Å². The lowest BCUT2D eigenvalue weighted by atomic mass is 10.1. The fourth-order valence-corrected chi connectivity index (χ4v) is 4.30. The summed E-state index contributed by atoms with van der Waals surface area (Å²) >= 11 is 1.30. The number of methoxy groups -OCH3 is 1. The van der Waals surface area contributed by atoms with Gasteiger partial charge in [0.15, 0.2) is 22.5 Å². The van der Waals surface area contributed by atoms with Crippen LogP contribution in [0.2, 0.25) is 0 Å². The van der Waals surface area contributed by atoms with Crippen LogP contribution in [0.4, 0.5) is 0 Å². The molecule has 0 aliphatic carbocycles. The average molecular weight is 516 g/mol. The largest absolute Gasteiger partial charge is 0.493 e. The Labute approximate surface area is 220 Å². The van der Waals surface area contributed by atoms with Crippen molar-refractivity contribution >= 4 is 23.9 Å². The van der Waals surface area contributed by atoms with Gasteiger partial charge in [0.1, 0.15) is 0 Å². The molecular formula is C28H29N5O3S. The molecule has 3 aromatic carbocycles. The molecule has 0 bridgehead atoms. The molecular weight excluding hydrogens is 486 g/mol. The molecule has 1 N–H and O–H groups in total. The number of carbonyl (C=O) groups is 1. The Hall–Kier alpha value is -4.11. The van der Waals surface area contributed by atoms with Gasteiger partial charge in [-0.05, 0) is 56.7 Å². The van der Waals surface area contributed by atoms with Crippen molar-refractivity contribution in [2.75, 3.05) is 19.5 Å². The lowest BCUT2D eigenvalue weighted by Crippen LogP contribution is -2.20. The maximum absolute atomic E-state index is 12.5. The van der Waals surface area contributed by atoms with E-state index in [2.05, 4.69) is 20.7 Å². The van der Waals surface area contributed by atoms with E-state index in [1.54, 1.807) is 19.4 Å². The Morgan fingerprint density at radius 2 is 1.70 bits per heavy atom. The summed E-state index contributed by atoms with van der Waals surface area (Å²) in [6.07, 6.45) is 1.56. The molecule has 0 radical (unpaired) electrons. The number of aryl methyl sites for hydroxylation is 2. The normalized spacial score (nSPS) is 11.0. The number of hydrogen-bond acceptors (Lipinski definition) is 7. The van der Waals surface area contributed by atoms with Crippen molar-refractivity contribution in [2.24, 2.45) is 5.10 Å². The molecule has 0 fully saturated rings. The maximum atomic E-state index is 12.5. The molecule has 1 aromatic heterocycles. The second-order valence-electron chi connectivity index (χ2n) is 8.27. The van der Waals surface area contributed by atoms with E-state index in [1.165, 1.54) is 17.3 Å². The monoisotopic (exact) mass is 515 g/mol. The average Bonchev–Trinajstić information content (AvgIpc) is 3.33. The number of ether oxygens (including phenoxy) is 2. The van der Waals surface area contributed by atoms with Crippen molar-refractivity contribution in [3.8, 4) is 28.6 Å². The Kier molecular flexibility index (Phi) is 8.58. The van der Waals surface area contributed by atoms with E-state index in [-0.39, 0.29) is 11.7 Å². The summed E-state index contributed by atoms with van der Waals surface area (Å²) in [5.41, 5.74) is 7.55. The van der Waals surface area contributed by atoms with Crippen molar-refractivity contribution in [3.05, 3.63) is 83.4 Å². The van der Waals surface area contributed by atoms with Gasteiger partial charge in [0.2, 0.25) is 0 Å². The third kappa shape index (κ3) is 6.56. The molecule has 0 saturated heterocycles. The number of thioether (sulfide) groups is 1. The van der Waals surface area contributed by atoms with Crippen molar-refractivity contribution in [2.45, 2.75) is 25.9 Å². The fourth-order valence-electron chi connectivity index (χ4n) is 3.56. The molecule has 8 nitrogen and oxygen atoms in total. The molecule has 0 atom stereocenters. The van der Waals surface area contributed by atoms with Crippen LogP contribution in [0.5, 0.6) is 11.5 Å². The Balaban J connectivity index is 1.46. The number of nitrogens with zero attached hydrogens (tertiary/aromatic N) is 4. The molecule has 0 saturated carbocycles. The van der Waals surface area contributed by atoms with Crippen molar-refractivity contribution in [1.29, 1.82) is 0 Å². The minimum atomic E-state index is -0.255. The van der Waals surface area contributed by atoms with Crippen LogP contribution in [-0.4, -0.2) is 46.4 Å². The van der Waals surface area contributed by atoms with Crippen LogP contribution in [0.25, 0.3) is 17.1 Å². The van der Waals surface area contributed by atoms with E-state index < -0.39 is 0 Å². The highest BCUT2D eigenvalue weighted by Crippen LogP contribution is 2.29. The molecule has 0 aliphatic rings. The van der Waals surface area contributed by atoms with Gasteiger partial charge in [-0.1, -0.05) is 59.3 Å². The van der Waals surface area contributed by atoms with Gasteiger partial charge in [0, 0.05) is 11.3 Å². The molecule has 190 valence electrons. The first-order valence-electron chi connectivity index (χ1n) is 11.8. The predicted octanol–water partition coefficient (Wildman–Crippen LogP) is 5.20. The van der Waals surface area contributed by atoms with E-state index in [4.69, 9.17) is 9.47 Å². The lowest BCUT2D eigenvalue weighted by Gasteiger charge is -2.11. The van der Waals surface area contributed by atoms with Gasteiger partial charge >= 0.3 is 0 Å². The van der Waals surface area contributed by atoms with E-state index in [9.17, 15) is 4.79 Å². The molecule has 0 unspecified atom stereocenters. The van der Waals surface area contributed by atoms with E-state index in [0.29, 0.717) is 29.1 Å². The second kappa shape index (κ2) is 12.2. The highest BCUT2D eigenvalue weighted by Gasteiger charge is 2.17. The van der Waals surface area contributed by atoms with Crippen LogP contribution >= 0.6 is 11.8 Å². The van der Waals surface area contributed by atoms with Gasteiger partial charge in [0.25, 0.3) is 5.91 Å². The van der Waals surface area contributed by atoms with E-state index in [0.717, 1.165) is 22.4 Å². The van der Waals surface area contributed by atoms with Crippen LogP contribution in [-0.2, 0) is 4.79 Å². The standard InChI is InChI=1S/C28H29N5O3S/c1-5-36-24-15-10-21(16-25(24)35-4)17-29-30-26(34)18-37-28-32-31-27(22-11-6-19(2)7-12-22)33(28)23-13-8-20(3)9-14-23/h6-17H,5,18H2,1-4H3,(H,30,34)/b29-17-. The SMILES string of the molecule is CCOc1ccc(/C=N\NC(=O)CSc2nnc(-c3ccc(C)cc3)n2-c2ccc(C)cc2)cc1OC. The van der Waals surface area contributed by atoms with Gasteiger partial charge < -0.3 is 9.47 Å². The molecule has 4 aromatic rings. The van der Waals surface area contributed by atoms with Crippen LogP contribution in [0.3, 0.4) is 0 Å². The third-order valence-corrected chi connectivity index (χ3v) is 6.39. The summed E-state index contributed by atoms with van der Waals surface area (Å²) in [6.45, 7) is 6.54. The second-order valence-corrected chi connectivity index (χ2v) is 9.21. The maximum Gasteiger partial charge on any atom is 0.250 e. The number of rotatable bonds is 10. The molecule has 4 rings (SSSR count). The number of carbonyl (C=O) groups excluding carboxylic acids is 1. The van der Waals surface area contributed by atoms with Crippen LogP contribution in [0, 0.1) is 13.8 Å². The van der Waals surface area contributed by atoms with Crippen molar-refractivity contribution < 1.29 is 14.3 Å².